The molecule has 6 heteroatoms. The quantitative estimate of drug-likeness (QED) is 0.532. The van der Waals surface area contributed by atoms with Crippen LogP contribution in [0.1, 0.15) is 28.7 Å². The van der Waals surface area contributed by atoms with Gasteiger partial charge in [-0.2, -0.15) is 0 Å². The Labute approximate surface area is 161 Å². The van der Waals surface area contributed by atoms with Gasteiger partial charge in [0.05, 0.1) is 23.9 Å². The highest BCUT2D eigenvalue weighted by Crippen LogP contribution is 2.34. The average Bonchev–Trinajstić information content (AvgIpc) is 3.22. The van der Waals surface area contributed by atoms with E-state index in [9.17, 15) is 9.90 Å². The monoisotopic (exact) mass is 374 g/mol. The van der Waals surface area contributed by atoms with Crippen LogP contribution in [0.2, 0.25) is 0 Å². The number of carbonyl (C=O) groups is 1. The van der Waals surface area contributed by atoms with Crippen LogP contribution >= 0.6 is 0 Å². The molecule has 4 aromatic rings. The van der Waals surface area contributed by atoms with Gasteiger partial charge in [-0.05, 0) is 36.8 Å². The van der Waals surface area contributed by atoms with Gasteiger partial charge in [0.2, 0.25) is 0 Å². The summed E-state index contributed by atoms with van der Waals surface area (Å²) in [5.74, 6) is 1.27. The summed E-state index contributed by atoms with van der Waals surface area (Å²) in [7, 11) is 1.59. The number of fused-ring (bicyclic) bond motifs is 1. The zero-order valence-corrected chi connectivity index (χ0v) is 15.4. The summed E-state index contributed by atoms with van der Waals surface area (Å²) in [5, 5.41) is 12.2. The molecule has 0 spiro atoms. The lowest BCUT2D eigenvalue weighted by molar-refractivity contribution is 0.0991. The molecule has 1 atom stereocenters. The fourth-order valence-corrected chi connectivity index (χ4v) is 3.16. The second-order valence-electron chi connectivity index (χ2n) is 6.57. The van der Waals surface area contributed by atoms with Crippen LogP contribution < -0.4 is 4.74 Å². The molecule has 0 aliphatic carbocycles. The minimum absolute atomic E-state index is 0.190. The molecule has 0 fully saturated rings. The number of aldehydes is 1. The summed E-state index contributed by atoms with van der Waals surface area (Å²) >= 11 is 0. The lowest BCUT2D eigenvalue weighted by Gasteiger charge is -2.25. The number of ether oxygens (including phenoxy) is 1. The van der Waals surface area contributed by atoms with E-state index in [1.807, 2.05) is 24.3 Å². The normalized spacial score (nSPS) is 13.2. The number of nitrogens with zero attached hydrogens (tertiary/aromatic N) is 2. The first-order valence-corrected chi connectivity index (χ1v) is 8.71. The molecule has 0 saturated heterocycles. The largest absolute Gasteiger partial charge is 0.497 e. The van der Waals surface area contributed by atoms with Crippen LogP contribution in [0.3, 0.4) is 0 Å². The van der Waals surface area contributed by atoms with Crippen LogP contribution in [0.25, 0.3) is 22.3 Å². The molecule has 1 N–H and O–H groups in total. The van der Waals surface area contributed by atoms with Crippen LogP contribution in [0, 0.1) is 0 Å². The molecule has 0 saturated carbocycles. The average molecular weight is 374 g/mol. The first-order chi connectivity index (χ1) is 13.5. The molecule has 2 aromatic carbocycles. The highest BCUT2D eigenvalue weighted by Gasteiger charge is 2.30. The molecule has 4 rings (SSSR count). The Balaban J connectivity index is 1.92. The van der Waals surface area contributed by atoms with Crippen molar-refractivity contribution in [3.05, 3.63) is 77.9 Å². The Bertz CT molecular complexity index is 1150. The molecular formula is C22H18N2O4. The summed E-state index contributed by atoms with van der Waals surface area (Å²) in [6.45, 7) is 1.69. The van der Waals surface area contributed by atoms with E-state index in [2.05, 4.69) is 9.97 Å². The number of rotatable bonds is 5. The summed E-state index contributed by atoms with van der Waals surface area (Å²) < 4.78 is 10.4. The number of para-hydroxylation sites is 1. The van der Waals surface area contributed by atoms with Crippen molar-refractivity contribution >= 4 is 17.2 Å². The minimum atomic E-state index is -1.37. The topological polar surface area (TPSA) is 85.5 Å². The molecule has 2 aromatic heterocycles. The van der Waals surface area contributed by atoms with Crippen molar-refractivity contribution in [2.45, 2.75) is 12.5 Å². The van der Waals surface area contributed by atoms with Gasteiger partial charge >= 0.3 is 0 Å². The molecule has 28 heavy (non-hydrogen) atoms. The van der Waals surface area contributed by atoms with Gasteiger partial charge in [0.25, 0.3) is 0 Å². The fraction of sp³-hybridized carbons (Fsp3) is 0.136. The van der Waals surface area contributed by atoms with Gasteiger partial charge in [-0.1, -0.05) is 30.3 Å². The number of aliphatic hydroxyl groups is 1. The van der Waals surface area contributed by atoms with Crippen LogP contribution in [-0.2, 0) is 5.60 Å². The predicted molar refractivity (Wildman–Crippen MR) is 104 cm³/mol. The van der Waals surface area contributed by atoms with Crippen molar-refractivity contribution in [1.82, 2.24) is 9.97 Å². The third-order valence-electron chi connectivity index (χ3n) is 4.71. The molecule has 1 unspecified atom stereocenters. The van der Waals surface area contributed by atoms with Crippen molar-refractivity contribution in [3.63, 3.8) is 0 Å². The SMILES string of the molecule is COc1ccc(C(C)(O)c2nc(-c3coc(C=O)c3)nc3ccccc23)cc1. The zero-order chi connectivity index (χ0) is 19.7. The van der Waals surface area contributed by atoms with E-state index in [0.29, 0.717) is 40.2 Å². The number of hydrogen-bond acceptors (Lipinski definition) is 6. The molecule has 140 valence electrons. The minimum Gasteiger partial charge on any atom is -0.497 e. The maximum Gasteiger partial charge on any atom is 0.185 e. The molecule has 6 nitrogen and oxygen atoms in total. The highest BCUT2D eigenvalue weighted by molar-refractivity contribution is 5.84. The van der Waals surface area contributed by atoms with E-state index in [1.54, 1.807) is 44.4 Å². The van der Waals surface area contributed by atoms with Gasteiger partial charge in [0.1, 0.15) is 17.6 Å². The Morgan fingerprint density at radius 3 is 2.54 bits per heavy atom. The Kier molecular flexibility index (Phi) is 4.41. The molecule has 0 aliphatic rings. The van der Waals surface area contributed by atoms with E-state index >= 15 is 0 Å². The number of carbonyl (C=O) groups excluding carboxylic acids is 1. The van der Waals surface area contributed by atoms with E-state index in [0.717, 1.165) is 5.39 Å². The van der Waals surface area contributed by atoms with Gasteiger partial charge in [-0.15, -0.1) is 0 Å². The second kappa shape index (κ2) is 6.90. The molecular weight excluding hydrogens is 356 g/mol. The zero-order valence-electron chi connectivity index (χ0n) is 15.4. The van der Waals surface area contributed by atoms with Gasteiger partial charge in [0, 0.05) is 5.39 Å². The van der Waals surface area contributed by atoms with Gasteiger partial charge < -0.3 is 14.3 Å². The smallest absolute Gasteiger partial charge is 0.185 e. The van der Waals surface area contributed by atoms with Crippen molar-refractivity contribution in [1.29, 1.82) is 0 Å². The summed E-state index contributed by atoms with van der Waals surface area (Å²) in [5.41, 5.74) is 1.02. The third-order valence-corrected chi connectivity index (χ3v) is 4.71. The van der Waals surface area contributed by atoms with Crippen LogP contribution in [0.4, 0.5) is 0 Å². The standard InChI is InChI=1S/C22H18N2O4/c1-22(26,15-7-9-16(27-2)10-8-15)20-18-5-3-4-6-19(18)23-21(24-20)14-11-17(12-25)28-13-14/h3-13,26H,1-2H3. The van der Waals surface area contributed by atoms with Crippen molar-refractivity contribution in [3.8, 4) is 17.1 Å². The number of benzene rings is 2. The van der Waals surface area contributed by atoms with Gasteiger partial charge in [0.15, 0.2) is 17.9 Å². The van der Waals surface area contributed by atoms with Gasteiger partial charge in [-0.25, -0.2) is 9.97 Å². The number of hydrogen-bond donors (Lipinski definition) is 1. The maximum atomic E-state index is 11.4. The lowest BCUT2D eigenvalue weighted by atomic mass is 9.89. The van der Waals surface area contributed by atoms with Gasteiger partial charge in [-0.3, -0.25) is 4.79 Å². The van der Waals surface area contributed by atoms with Crippen LogP contribution in [0.15, 0.2) is 65.3 Å². The predicted octanol–water partition coefficient (Wildman–Crippen LogP) is 3.97. The van der Waals surface area contributed by atoms with E-state index < -0.39 is 5.60 Å². The third kappa shape index (κ3) is 3.04. The van der Waals surface area contributed by atoms with E-state index in [-0.39, 0.29) is 5.76 Å². The van der Waals surface area contributed by atoms with Crippen molar-refractivity contribution in [2.24, 2.45) is 0 Å². The summed E-state index contributed by atoms with van der Waals surface area (Å²) in [4.78, 5) is 20.2. The fourth-order valence-electron chi connectivity index (χ4n) is 3.16. The number of methoxy groups -OCH3 is 1. The first-order valence-electron chi connectivity index (χ1n) is 8.71. The molecule has 0 aliphatic heterocycles. The summed E-state index contributed by atoms with van der Waals surface area (Å²) in [6, 6.07) is 16.2. The first kappa shape index (κ1) is 17.9. The number of aromatic nitrogens is 2. The van der Waals surface area contributed by atoms with Crippen LogP contribution in [0.5, 0.6) is 5.75 Å². The van der Waals surface area contributed by atoms with E-state index in [1.165, 1.54) is 6.26 Å². The van der Waals surface area contributed by atoms with E-state index in [4.69, 9.17) is 9.15 Å². The molecule has 2 heterocycles. The summed E-state index contributed by atoms with van der Waals surface area (Å²) in [6.07, 6.45) is 2.05. The molecule has 0 radical (unpaired) electrons. The highest BCUT2D eigenvalue weighted by atomic mass is 16.5. The Hall–Kier alpha value is -3.51. The lowest BCUT2D eigenvalue weighted by Crippen LogP contribution is -2.25. The Morgan fingerprint density at radius 1 is 1.11 bits per heavy atom. The van der Waals surface area contributed by atoms with Crippen LogP contribution in [-0.4, -0.2) is 28.5 Å². The second-order valence-corrected chi connectivity index (χ2v) is 6.57. The Morgan fingerprint density at radius 2 is 1.86 bits per heavy atom. The maximum absolute atomic E-state index is 11.4. The van der Waals surface area contributed by atoms with Crippen molar-refractivity contribution < 1.29 is 19.1 Å². The van der Waals surface area contributed by atoms with Crippen molar-refractivity contribution in [2.75, 3.05) is 7.11 Å². The molecule has 0 amide bonds. The number of furan rings is 1. The molecule has 0 bridgehead atoms.